The summed E-state index contributed by atoms with van der Waals surface area (Å²) in [5.74, 6) is 0.741. The van der Waals surface area contributed by atoms with E-state index < -0.39 is 0 Å². The first-order chi connectivity index (χ1) is 7.84. The quantitative estimate of drug-likeness (QED) is 0.672. The Kier molecular flexibility index (Phi) is 1.86. The third-order valence-electron chi connectivity index (χ3n) is 2.45. The summed E-state index contributed by atoms with van der Waals surface area (Å²) in [4.78, 5) is 18.2. The Morgan fingerprint density at radius 3 is 3.00 bits per heavy atom. The summed E-state index contributed by atoms with van der Waals surface area (Å²) in [6.07, 6.45) is 3.00. The lowest BCUT2D eigenvalue weighted by atomic mass is 10.1. The van der Waals surface area contributed by atoms with Gasteiger partial charge >= 0.3 is 0 Å². The van der Waals surface area contributed by atoms with E-state index in [1.807, 2.05) is 24.3 Å². The number of H-pyrrole nitrogens is 1. The van der Waals surface area contributed by atoms with Crippen molar-refractivity contribution in [3.63, 3.8) is 0 Å². The molecule has 0 unspecified atom stereocenters. The number of benzene rings is 1. The first-order valence-corrected chi connectivity index (χ1v) is 4.86. The monoisotopic (exact) mass is 212 g/mol. The van der Waals surface area contributed by atoms with Crippen molar-refractivity contribution in [1.82, 2.24) is 9.97 Å². The topological polar surface area (TPSA) is 58.9 Å². The zero-order valence-corrected chi connectivity index (χ0v) is 8.31. The maximum Gasteiger partial charge on any atom is 0.258 e. The molecule has 3 aromatic rings. The summed E-state index contributed by atoms with van der Waals surface area (Å²) in [5, 5.41) is 0.566. The number of aromatic amines is 1. The first-order valence-electron chi connectivity index (χ1n) is 4.86. The van der Waals surface area contributed by atoms with Gasteiger partial charge in [0, 0.05) is 5.56 Å². The molecule has 0 radical (unpaired) electrons. The fraction of sp³-hybridized carbons (Fsp3) is 0. The molecule has 4 heteroatoms. The second-order valence-corrected chi connectivity index (χ2v) is 3.44. The predicted octanol–water partition coefficient (Wildman–Crippen LogP) is 2.18. The van der Waals surface area contributed by atoms with Gasteiger partial charge in [-0.3, -0.25) is 4.79 Å². The molecule has 0 amide bonds. The van der Waals surface area contributed by atoms with Crippen molar-refractivity contribution in [1.29, 1.82) is 0 Å². The van der Waals surface area contributed by atoms with Crippen LogP contribution < -0.4 is 5.56 Å². The van der Waals surface area contributed by atoms with E-state index in [1.54, 1.807) is 12.3 Å². The predicted molar refractivity (Wildman–Crippen MR) is 60.1 cm³/mol. The Morgan fingerprint density at radius 1 is 1.25 bits per heavy atom. The molecule has 0 aliphatic rings. The fourth-order valence-electron chi connectivity index (χ4n) is 1.66. The lowest BCUT2D eigenvalue weighted by Gasteiger charge is -1.99. The van der Waals surface area contributed by atoms with E-state index >= 15 is 0 Å². The Morgan fingerprint density at radius 2 is 2.19 bits per heavy atom. The Hall–Kier alpha value is -2.36. The third kappa shape index (κ3) is 1.32. The standard InChI is InChI=1S/C12H8N2O2/c15-12-9-6-8(11-2-1-5-16-11)3-4-10(9)13-7-14-12/h1-7H,(H,13,14,15). The minimum Gasteiger partial charge on any atom is -0.464 e. The van der Waals surface area contributed by atoms with Crippen LogP contribution in [0.5, 0.6) is 0 Å². The van der Waals surface area contributed by atoms with Crippen LogP contribution in [0.1, 0.15) is 0 Å². The van der Waals surface area contributed by atoms with Gasteiger partial charge in [0.2, 0.25) is 0 Å². The highest BCUT2D eigenvalue weighted by molar-refractivity contribution is 5.82. The van der Waals surface area contributed by atoms with Gasteiger partial charge in [-0.2, -0.15) is 0 Å². The van der Waals surface area contributed by atoms with E-state index in [0.717, 1.165) is 11.3 Å². The molecular formula is C12H8N2O2. The minimum atomic E-state index is -0.140. The van der Waals surface area contributed by atoms with Crippen LogP contribution >= 0.6 is 0 Å². The van der Waals surface area contributed by atoms with Gasteiger partial charge in [0.05, 0.1) is 23.5 Å². The van der Waals surface area contributed by atoms with Gasteiger partial charge in [-0.05, 0) is 30.3 Å². The average molecular weight is 212 g/mol. The van der Waals surface area contributed by atoms with Gasteiger partial charge in [-0.1, -0.05) is 0 Å². The van der Waals surface area contributed by atoms with Crippen LogP contribution in [-0.4, -0.2) is 9.97 Å². The van der Waals surface area contributed by atoms with Crippen molar-refractivity contribution in [2.45, 2.75) is 0 Å². The summed E-state index contributed by atoms with van der Waals surface area (Å²) in [6.45, 7) is 0. The number of rotatable bonds is 1. The Bertz CT molecular complexity index is 684. The smallest absolute Gasteiger partial charge is 0.258 e. The third-order valence-corrected chi connectivity index (χ3v) is 2.45. The summed E-state index contributed by atoms with van der Waals surface area (Å²) in [7, 11) is 0. The summed E-state index contributed by atoms with van der Waals surface area (Å²) >= 11 is 0. The number of furan rings is 1. The molecule has 0 saturated carbocycles. The fourth-order valence-corrected chi connectivity index (χ4v) is 1.66. The van der Waals surface area contributed by atoms with Crippen molar-refractivity contribution in [3.8, 4) is 11.3 Å². The molecule has 0 spiro atoms. The number of nitrogens with zero attached hydrogens (tertiary/aromatic N) is 1. The molecule has 0 bridgehead atoms. The lowest BCUT2D eigenvalue weighted by Crippen LogP contribution is -2.05. The Balaban J connectivity index is 2.31. The van der Waals surface area contributed by atoms with Gasteiger partial charge < -0.3 is 9.40 Å². The van der Waals surface area contributed by atoms with Gasteiger partial charge in [0.1, 0.15) is 5.76 Å². The molecule has 0 saturated heterocycles. The van der Waals surface area contributed by atoms with Gasteiger partial charge in [-0.25, -0.2) is 4.98 Å². The minimum absolute atomic E-state index is 0.140. The zero-order valence-electron chi connectivity index (χ0n) is 8.31. The molecule has 1 aromatic carbocycles. The number of fused-ring (bicyclic) bond motifs is 1. The first kappa shape index (κ1) is 8.91. The van der Waals surface area contributed by atoms with E-state index in [1.165, 1.54) is 6.33 Å². The highest BCUT2D eigenvalue weighted by atomic mass is 16.3. The number of nitrogens with one attached hydrogen (secondary N) is 1. The van der Waals surface area contributed by atoms with Crippen LogP contribution in [0.25, 0.3) is 22.2 Å². The van der Waals surface area contributed by atoms with E-state index in [9.17, 15) is 4.79 Å². The van der Waals surface area contributed by atoms with Crippen molar-refractivity contribution in [2.24, 2.45) is 0 Å². The molecule has 0 fully saturated rings. The van der Waals surface area contributed by atoms with E-state index in [2.05, 4.69) is 9.97 Å². The van der Waals surface area contributed by atoms with E-state index in [4.69, 9.17) is 4.42 Å². The second kappa shape index (κ2) is 3.34. The van der Waals surface area contributed by atoms with Crippen LogP contribution in [-0.2, 0) is 0 Å². The van der Waals surface area contributed by atoms with Crippen molar-refractivity contribution >= 4 is 10.9 Å². The van der Waals surface area contributed by atoms with E-state index in [0.29, 0.717) is 10.9 Å². The van der Waals surface area contributed by atoms with Gasteiger partial charge in [0.25, 0.3) is 5.56 Å². The molecule has 3 rings (SSSR count). The Labute approximate surface area is 90.6 Å². The molecule has 0 atom stereocenters. The van der Waals surface area contributed by atoms with Gasteiger partial charge in [-0.15, -0.1) is 0 Å². The maximum absolute atomic E-state index is 11.6. The molecule has 0 aliphatic carbocycles. The summed E-state index contributed by atoms with van der Waals surface area (Å²) < 4.78 is 5.28. The van der Waals surface area contributed by atoms with Crippen molar-refractivity contribution in [3.05, 3.63) is 53.3 Å². The normalized spacial score (nSPS) is 10.8. The summed E-state index contributed by atoms with van der Waals surface area (Å²) in [5.41, 5.74) is 1.41. The van der Waals surface area contributed by atoms with Crippen molar-refractivity contribution in [2.75, 3.05) is 0 Å². The number of aromatic nitrogens is 2. The van der Waals surface area contributed by atoms with E-state index in [-0.39, 0.29) is 5.56 Å². The molecule has 16 heavy (non-hydrogen) atoms. The summed E-state index contributed by atoms with van der Waals surface area (Å²) in [6, 6.07) is 9.13. The van der Waals surface area contributed by atoms with Crippen LogP contribution in [0.3, 0.4) is 0 Å². The number of hydrogen-bond acceptors (Lipinski definition) is 3. The molecule has 78 valence electrons. The highest BCUT2D eigenvalue weighted by Crippen LogP contribution is 2.21. The molecule has 4 nitrogen and oxygen atoms in total. The lowest BCUT2D eigenvalue weighted by molar-refractivity contribution is 0.582. The van der Waals surface area contributed by atoms with Gasteiger partial charge in [0.15, 0.2) is 0 Å². The average Bonchev–Trinajstić information content (AvgIpc) is 2.83. The van der Waals surface area contributed by atoms with Crippen LogP contribution in [0.2, 0.25) is 0 Å². The number of hydrogen-bond donors (Lipinski definition) is 1. The SMILES string of the molecule is O=c1[nH]cnc2ccc(-c3ccco3)cc12. The van der Waals surface area contributed by atoms with Crippen LogP contribution in [0.15, 0.2) is 52.1 Å². The van der Waals surface area contributed by atoms with Crippen molar-refractivity contribution < 1.29 is 4.42 Å². The second-order valence-electron chi connectivity index (χ2n) is 3.44. The van der Waals surface area contributed by atoms with Crippen LogP contribution in [0.4, 0.5) is 0 Å². The maximum atomic E-state index is 11.6. The molecule has 0 aliphatic heterocycles. The van der Waals surface area contributed by atoms with Crippen LogP contribution in [0, 0.1) is 0 Å². The highest BCUT2D eigenvalue weighted by Gasteiger charge is 2.04. The largest absolute Gasteiger partial charge is 0.464 e. The molecule has 2 aromatic heterocycles. The molecule has 2 heterocycles. The zero-order chi connectivity index (χ0) is 11.0. The molecule has 1 N–H and O–H groups in total. The molecular weight excluding hydrogens is 204 g/mol.